The molecular weight excluding hydrogens is 419 g/mol. The quantitative estimate of drug-likeness (QED) is 0.753. The van der Waals surface area contributed by atoms with Gasteiger partial charge in [0.15, 0.2) is 0 Å². The molecule has 2 aliphatic heterocycles. The summed E-state index contributed by atoms with van der Waals surface area (Å²) >= 11 is 0. The highest BCUT2D eigenvalue weighted by Gasteiger charge is 2.56. The van der Waals surface area contributed by atoms with Gasteiger partial charge in [0.25, 0.3) is 0 Å². The summed E-state index contributed by atoms with van der Waals surface area (Å²) in [5.74, 6) is 1.17. The van der Waals surface area contributed by atoms with Gasteiger partial charge in [-0.25, -0.2) is 0 Å². The second-order valence-electron chi connectivity index (χ2n) is 10.2. The van der Waals surface area contributed by atoms with Crippen molar-refractivity contribution < 1.29 is 22.7 Å². The van der Waals surface area contributed by atoms with E-state index in [4.69, 9.17) is 4.74 Å². The van der Waals surface area contributed by atoms with E-state index in [2.05, 4.69) is 10.3 Å². The van der Waals surface area contributed by atoms with Crippen LogP contribution in [0.5, 0.6) is 0 Å². The Labute approximate surface area is 187 Å². The molecule has 176 valence electrons. The largest absolute Gasteiger partial charge is 0.417 e. The van der Waals surface area contributed by atoms with Gasteiger partial charge in [-0.3, -0.25) is 9.78 Å². The van der Waals surface area contributed by atoms with Crippen LogP contribution in [0, 0.1) is 17.3 Å². The maximum absolute atomic E-state index is 13.8. The molecule has 4 aliphatic rings. The van der Waals surface area contributed by atoms with E-state index in [1.807, 2.05) is 4.90 Å². The number of hydrogen-bond donors (Lipinski definition) is 1. The highest BCUT2D eigenvalue weighted by Crippen LogP contribution is 2.55. The summed E-state index contributed by atoms with van der Waals surface area (Å²) in [6.07, 6.45) is 4.11. The molecule has 0 aromatic carbocycles. The monoisotopic (exact) mass is 451 g/mol. The van der Waals surface area contributed by atoms with Crippen LogP contribution in [-0.2, 0) is 28.7 Å². The molecule has 0 radical (unpaired) electrons. The van der Waals surface area contributed by atoms with Gasteiger partial charge in [0.1, 0.15) is 0 Å². The van der Waals surface area contributed by atoms with Crippen LogP contribution in [0.1, 0.15) is 61.8 Å². The first-order chi connectivity index (χ1) is 15.3. The molecule has 0 spiro atoms. The summed E-state index contributed by atoms with van der Waals surface area (Å²) in [6, 6.07) is 1.53. The molecule has 2 saturated carbocycles. The zero-order chi connectivity index (χ0) is 22.3. The molecule has 1 amide bonds. The molecule has 5 rings (SSSR count). The van der Waals surface area contributed by atoms with Gasteiger partial charge in [-0.05, 0) is 68.5 Å². The fraction of sp³-hybridized carbons (Fsp3) is 0.750. The second kappa shape index (κ2) is 8.60. The smallest absolute Gasteiger partial charge is 0.381 e. The molecule has 2 aliphatic carbocycles. The Morgan fingerprint density at radius 1 is 1.28 bits per heavy atom. The zero-order valence-electron chi connectivity index (χ0n) is 18.4. The number of nitrogens with one attached hydrogen (secondary N) is 1. The molecule has 1 saturated heterocycles. The summed E-state index contributed by atoms with van der Waals surface area (Å²) in [7, 11) is 0. The molecule has 1 aromatic rings. The minimum atomic E-state index is -4.42. The average Bonchev–Trinajstić information content (AvgIpc) is 3.34. The Morgan fingerprint density at radius 3 is 2.88 bits per heavy atom. The van der Waals surface area contributed by atoms with E-state index in [-0.39, 0.29) is 17.9 Å². The van der Waals surface area contributed by atoms with E-state index in [0.29, 0.717) is 42.1 Å². The van der Waals surface area contributed by atoms with E-state index in [1.165, 1.54) is 6.07 Å². The van der Waals surface area contributed by atoms with Crippen LogP contribution in [0.4, 0.5) is 13.2 Å². The number of nitrogens with zero attached hydrogens (tertiary/aromatic N) is 2. The Balaban J connectivity index is 1.27. The normalized spacial score (nSPS) is 30.9. The molecule has 0 unspecified atom stereocenters. The van der Waals surface area contributed by atoms with Crippen LogP contribution in [0.25, 0.3) is 0 Å². The fourth-order valence-electron chi connectivity index (χ4n) is 6.50. The minimum absolute atomic E-state index is 0.151. The van der Waals surface area contributed by atoms with Gasteiger partial charge in [-0.2, -0.15) is 13.2 Å². The Kier molecular flexibility index (Phi) is 5.95. The molecule has 32 heavy (non-hydrogen) atoms. The number of alkyl halides is 3. The fourth-order valence-corrected chi connectivity index (χ4v) is 6.50. The minimum Gasteiger partial charge on any atom is -0.381 e. The number of rotatable bonds is 4. The molecule has 1 N–H and O–H groups in total. The van der Waals surface area contributed by atoms with E-state index in [1.54, 1.807) is 0 Å². The van der Waals surface area contributed by atoms with Crippen LogP contribution in [0.3, 0.4) is 0 Å². The van der Waals surface area contributed by atoms with Crippen molar-refractivity contribution in [3.8, 4) is 0 Å². The summed E-state index contributed by atoms with van der Waals surface area (Å²) < 4.78 is 44.9. The molecule has 0 bridgehead atoms. The summed E-state index contributed by atoms with van der Waals surface area (Å²) in [4.78, 5) is 19.6. The highest BCUT2D eigenvalue weighted by molar-refractivity contribution is 5.84. The van der Waals surface area contributed by atoms with Crippen molar-refractivity contribution in [3.05, 3.63) is 29.1 Å². The number of aromatic nitrogens is 1. The molecular formula is C24H32F3N3O2. The lowest BCUT2D eigenvalue weighted by molar-refractivity contribution is -0.144. The molecule has 5 nitrogen and oxygen atoms in total. The van der Waals surface area contributed by atoms with Gasteiger partial charge >= 0.3 is 6.18 Å². The van der Waals surface area contributed by atoms with Gasteiger partial charge in [-0.1, -0.05) is 6.42 Å². The number of carbonyl (C=O) groups is 1. The predicted octanol–water partition coefficient (Wildman–Crippen LogP) is 3.95. The van der Waals surface area contributed by atoms with Gasteiger partial charge in [0.2, 0.25) is 5.91 Å². The lowest BCUT2D eigenvalue weighted by Gasteiger charge is -2.37. The average molecular weight is 452 g/mol. The highest BCUT2D eigenvalue weighted by atomic mass is 19.4. The maximum atomic E-state index is 13.8. The molecule has 1 aromatic heterocycles. The third kappa shape index (κ3) is 4.16. The lowest BCUT2D eigenvalue weighted by Crippen LogP contribution is -2.47. The first-order valence-electron chi connectivity index (χ1n) is 12.0. The van der Waals surface area contributed by atoms with Gasteiger partial charge < -0.3 is 15.0 Å². The Hall–Kier alpha value is -1.67. The summed E-state index contributed by atoms with van der Waals surface area (Å²) in [5, 5.41) is 3.74. The van der Waals surface area contributed by atoms with Crippen LogP contribution in [0.15, 0.2) is 12.3 Å². The van der Waals surface area contributed by atoms with Gasteiger partial charge in [-0.15, -0.1) is 0 Å². The van der Waals surface area contributed by atoms with Crippen molar-refractivity contribution in [3.63, 3.8) is 0 Å². The molecule has 3 fully saturated rings. The number of hydrogen-bond acceptors (Lipinski definition) is 4. The molecule has 3 atom stereocenters. The van der Waals surface area contributed by atoms with E-state index in [0.717, 1.165) is 70.9 Å². The van der Waals surface area contributed by atoms with Crippen molar-refractivity contribution in [1.29, 1.82) is 0 Å². The predicted molar refractivity (Wildman–Crippen MR) is 113 cm³/mol. The third-order valence-electron chi connectivity index (χ3n) is 8.25. The van der Waals surface area contributed by atoms with Gasteiger partial charge in [0, 0.05) is 50.7 Å². The third-order valence-corrected chi connectivity index (χ3v) is 8.25. The Morgan fingerprint density at radius 2 is 2.09 bits per heavy atom. The zero-order valence-corrected chi connectivity index (χ0v) is 18.4. The first-order valence-corrected chi connectivity index (χ1v) is 12.0. The standard InChI is InChI=1S/C24H32F3N3O2/c25-24(26,27)19-10-17-15-30(7-3-21(17)29-14-19)22(31)23-6-1-2-18(23)11-20(12-23)28-13-16-4-8-32-9-5-16/h10,14,16,18,20,28H,1-9,11-13,15H2/t18-,20-,23-/m1/s1. The summed E-state index contributed by atoms with van der Waals surface area (Å²) in [6.45, 7) is 3.43. The second-order valence-corrected chi connectivity index (χ2v) is 10.2. The van der Waals surface area contributed by atoms with E-state index >= 15 is 0 Å². The van der Waals surface area contributed by atoms with Crippen molar-refractivity contribution in [2.75, 3.05) is 26.3 Å². The first kappa shape index (κ1) is 22.1. The van der Waals surface area contributed by atoms with E-state index < -0.39 is 11.7 Å². The number of amides is 1. The topological polar surface area (TPSA) is 54.5 Å². The maximum Gasteiger partial charge on any atom is 0.417 e. The SMILES string of the molecule is O=C(N1CCc2ncc(C(F)(F)F)cc2C1)[C@@]12CCC[C@@H]1C[C@@H](NCC1CCOCC1)C2. The number of halogens is 3. The number of pyridine rings is 1. The van der Waals surface area contributed by atoms with Gasteiger partial charge in [0.05, 0.1) is 11.0 Å². The number of fused-ring (bicyclic) bond motifs is 2. The lowest BCUT2D eigenvalue weighted by atomic mass is 9.78. The van der Waals surface area contributed by atoms with Crippen molar-refractivity contribution in [1.82, 2.24) is 15.2 Å². The molecule has 3 heterocycles. The van der Waals surface area contributed by atoms with Crippen LogP contribution < -0.4 is 5.32 Å². The number of ether oxygens (including phenoxy) is 1. The molecule has 8 heteroatoms. The van der Waals surface area contributed by atoms with Crippen molar-refractivity contribution in [2.24, 2.45) is 17.3 Å². The van der Waals surface area contributed by atoms with Crippen molar-refractivity contribution in [2.45, 2.75) is 70.1 Å². The summed E-state index contributed by atoms with van der Waals surface area (Å²) in [5.41, 5.74) is 0.142. The van der Waals surface area contributed by atoms with Crippen LogP contribution in [0.2, 0.25) is 0 Å². The number of carbonyl (C=O) groups excluding carboxylic acids is 1. The van der Waals surface area contributed by atoms with Crippen LogP contribution in [-0.4, -0.2) is 48.1 Å². The van der Waals surface area contributed by atoms with Crippen molar-refractivity contribution >= 4 is 5.91 Å². The van der Waals surface area contributed by atoms with Crippen LogP contribution >= 0.6 is 0 Å². The Bertz CT molecular complexity index is 855. The van der Waals surface area contributed by atoms with E-state index in [9.17, 15) is 18.0 Å².